The molecular formula is C23H27F2NO7S. The van der Waals surface area contributed by atoms with Gasteiger partial charge in [-0.15, -0.1) is 0 Å². The van der Waals surface area contributed by atoms with Gasteiger partial charge in [-0.05, 0) is 37.9 Å². The minimum Gasteiger partial charge on any atom is -0.496 e. The van der Waals surface area contributed by atoms with Crippen LogP contribution in [0.2, 0.25) is 0 Å². The Hall–Kier alpha value is -3.18. The van der Waals surface area contributed by atoms with Crippen molar-refractivity contribution < 1.29 is 41.5 Å². The average molecular weight is 500 g/mol. The van der Waals surface area contributed by atoms with Crippen LogP contribution in [0.1, 0.15) is 11.1 Å². The molecule has 0 aliphatic rings. The zero-order chi connectivity index (χ0) is 25.5. The van der Waals surface area contributed by atoms with Crippen molar-refractivity contribution in [3.8, 4) is 28.7 Å². The van der Waals surface area contributed by atoms with Crippen LogP contribution in [0, 0.1) is 0 Å². The van der Waals surface area contributed by atoms with Crippen molar-refractivity contribution >= 4 is 22.8 Å². The molecule has 0 saturated carbocycles. The van der Waals surface area contributed by atoms with Crippen LogP contribution in [-0.4, -0.2) is 63.7 Å². The predicted octanol–water partition coefficient (Wildman–Crippen LogP) is 3.70. The molecule has 2 aromatic rings. The number of nitrogens with zero attached hydrogens (tertiary/aromatic N) is 1. The second-order valence-electron chi connectivity index (χ2n) is 7.08. The zero-order valence-electron chi connectivity index (χ0n) is 19.7. The first kappa shape index (κ1) is 27.1. The summed E-state index contributed by atoms with van der Waals surface area (Å²) >= 11 is 0. The fraction of sp³-hybridized carbons (Fsp3) is 0.348. The average Bonchev–Trinajstić information content (AvgIpc) is 2.82. The molecule has 0 spiro atoms. The minimum absolute atomic E-state index is 0.0237. The quantitative estimate of drug-likeness (QED) is 0.263. The Labute approximate surface area is 199 Å². The number of rotatable bonds is 11. The molecule has 0 N–H and O–H groups in total. The van der Waals surface area contributed by atoms with Crippen molar-refractivity contribution in [2.24, 2.45) is 0 Å². The van der Waals surface area contributed by atoms with Crippen LogP contribution < -0.4 is 23.7 Å². The summed E-state index contributed by atoms with van der Waals surface area (Å²) in [6.07, 6.45) is 1.59. The number of carbonyl (C=O) groups excluding carboxylic acids is 1. The van der Waals surface area contributed by atoms with Gasteiger partial charge in [0.05, 0.1) is 50.6 Å². The van der Waals surface area contributed by atoms with E-state index in [4.69, 9.17) is 23.7 Å². The molecule has 2 aromatic carbocycles. The Morgan fingerprint density at radius 3 is 2.03 bits per heavy atom. The van der Waals surface area contributed by atoms with Crippen molar-refractivity contribution in [1.82, 2.24) is 4.90 Å². The number of halogens is 2. The number of hydrogen-bond acceptors (Lipinski definition) is 8. The minimum atomic E-state index is -3.83. The zero-order valence-corrected chi connectivity index (χ0v) is 20.5. The van der Waals surface area contributed by atoms with Gasteiger partial charge in [0.15, 0.2) is 11.5 Å². The van der Waals surface area contributed by atoms with Crippen LogP contribution in [0.4, 0.5) is 8.78 Å². The van der Waals surface area contributed by atoms with E-state index in [1.165, 1.54) is 46.0 Å². The van der Waals surface area contributed by atoms with Gasteiger partial charge in [-0.25, -0.2) is 9.69 Å². The van der Waals surface area contributed by atoms with E-state index in [0.717, 1.165) is 14.1 Å². The normalized spacial score (nSPS) is 12.5. The molecule has 186 valence electrons. The van der Waals surface area contributed by atoms with E-state index in [0.29, 0.717) is 33.3 Å². The molecule has 0 saturated heterocycles. The topological polar surface area (TPSA) is 83.5 Å². The van der Waals surface area contributed by atoms with E-state index < -0.39 is 22.8 Å². The summed E-state index contributed by atoms with van der Waals surface area (Å²) in [6.45, 7) is 0. The van der Waals surface area contributed by atoms with Crippen LogP contribution in [0.3, 0.4) is 0 Å². The third-order valence-corrected chi connectivity index (χ3v) is 5.74. The summed E-state index contributed by atoms with van der Waals surface area (Å²) in [4.78, 5) is 12.4. The lowest BCUT2D eigenvalue weighted by Crippen LogP contribution is -2.45. The molecule has 1 unspecified atom stereocenters. The SMILES string of the molecule is COc1cc(OC)c(/C=C/S(=O)Cc2ccc(OC)c(OC(=O)C(F)(F)N(C)C)c2)c(OC)c1. The first-order valence-electron chi connectivity index (χ1n) is 9.87. The lowest BCUT2D eigenvalue weighted by atomic mass is 10.1. The lowest BCUT2D eigenvalue weighted by molar-refractivity contribution is -0.186. The Balaban J connectivity index is 2.25. The van der Waals surface area contributed by atoms with Crippen molar-refractivity contribution in [3.05, 3.63) is 46.9 Å². The van der Waals surface area contributed by atoms with E-state index in [1.54, 1.807) is 24.3 Å². The molecule has 0 aromatic heterocycles. The summed E-state index contributed by atoms with van der Waals surface area (Å²) in [5.41, 5.74) is 1.04. The summed E-state index contributed by atoms with van der Waals surface area (Å²) in [5, 5.41) is 1.45. The fourth-order valence-electron chi connectivity index (χ4n) is 2.79. The van der Waals surface area contributed by atoms with Crippen molar-refractivity contribution in [1.29, 1.82) is 0 Å². The van der Waals surface area contributed by atoms with E-state index in [1.807, 2.05) is 0 Å². The van der Waals surface area contributed by atoms with Gasteiger partial charge in [-0.1, -0.05) is 6.07 Å². The van der Waals surface area contributed by atoms with Gasteiger partial charge in [-0.2, -0.15) is 8.78 Å². The number of alkyl halides is 2. The largest absolute Gasteiger partial charge is 0.496 e. The highest BCUT2D eigenvalue weighted by Crippen LogP contribution is 2.35. The molecule has 0 amide bonds. The molecule has 1 atom stereocenters. The monoisotopic (exact) mass is 499 g/mol. The van der Waals surface area contributed by atoms with E-state index >= 15 is 0 Å². The molecule has 34 heavy (non-hydrogen) atoms. The maximum Gasteiger partial charge on any atom is 0.402 e. The third-order valence-electron chi connectivity index (χ3n) is 4.69. The van der Waals surface area contributed by atoms with Crippen LogP contribution in [0.25, 0.3) is 6.08 Å². The number of benzene rings is 2. The second kappa shape index (κ2) is 11.8. The van der Waals surface area contributed by atoms with Crippen molar-refractivity contribution in [2.75, 3.05) is 42.5 Å². The van der Waals surface area contributed by atoms with Gasteiger partial charge in [-0.3, -0.25) is 4.21 Å². The molecule has 0 radical (unpaired) electrons. The molecule has 0 aliphatic carbocycles. The van der Waals surface area contributed by atoms with Crippen LogP contribution in [-0.2, 0) is 21.3 Å². The highest BCUT2D eigenvalue weighted by atomic mass is 32.2. The molecule has 0 fully saturated rings. The standard InChI is InChI=1S/C23H27F2NO7S/c1-26(2)23(24,25)22(27)33-21-11-15(7-8-18(21)30-4)14-34(28)10-9-17-19(31-5)12-16(29-3)13-20(17)32-6/h7-13H,14H2,1-6H3/b10-9+. The number of hydrogen-bond donors (Lipinski definition) is 0. The number of likely N-dealkylation sites (N-methyl/N-ethyl adjacent to an activating group) is 1. The lowest BCUT2D eigenvalue weighted by Gasteiger charge is -2.21. The summed E-state index contributed by atoms with van der Waals surface area (Å²) in [6, 6.07) is 3.88. The van der Waals surface area contributed by atoms with Crippen LogP contribution in [0.5, 0.6) is 28.7 Å². The molecule has 0 bridgehead atoms. The number of carbonyl (C=O) groups is 1. The molecule has 2 rings (SSSR count). The maximum atomic E-state index is 13.9. The van der Waals surface area contributed by atoms with Gasteiger partial charge in [0.1, 0.15) is 17.2 Å². The third kappa shape index (κ3) is 6.45. The number of methoxy groups -OCH3 is 4. The highest BCUT2D eigenvalue weighted by Gasteiger charge is 2.44. The van der Waals surface area contributed by atoms with Gasteiger partial charge in [0, 0.05) is 17.5 Å². The van der Waals surface area contributed by atoms with E-state index in [2.05, 4.69) is 0 Å². The van der Waals surface area contributed by atoms with Crippen LogP contribution in [0.15, 0.2) is 35.7 Å². The van der Waals surface area contributed by atoms with Gasteiger partial charge in [0.25, 0.3) is 0 Å². The predicted molar refractivity (Wildman–Crippen MR) is 124 cm³/mol. The van der Waals surface area contributed by atoms with Gasteiger partial charge < -0.3 is 23.7 Å². The Morgan fingerprint density at radius 1 is 0.941 bits per heavy atom. The van der Waals surface area contributed by atoms with E-state index in [-0.39, 0.29) is 17.3 Å². The summed E-state index contributed by atoms with van der Waals surface area (Å²) in [7, 11) is 6.40. The van der Waals surface area contributed by atoms with Crippen molar-refractivity contribution in [2.45, 2.75) is 11.8 Å². The Bertz CT molecular complexity index is 1050. The van der Waals surface area contributed by atoms with Crippen LogP contribution >= 0.6 is 0 Å². The van der Waals surface area contributed by atoms with Gasteiger partial charge in [0.2, 0.25) is 0 Å². The highest BCUT2D eigenvalue weighted by molar-refractivity contribution is 7.87. The summed E-state index contributed by atoms with van der Waals surface area (Å²) in [5.74, 6) is -0.392. The Kier molecular flexibility index (Phi) is 9.39. The molecular weight excluding hydrogens is 472 g/mol. The maximum absolute atomic E-state index is 13.9. The van der Waals surface area contributed by atoms with Crippen molar-refractivity contribution in [3.63, 3.8) is 0 Å². The number of ether oxygens (including phenoxy) is 5. The molecule has 11 heteroatoms. The Morgan fingerprint density at radius 2 is 1.53 bits per heavy atom. The first-order chi connectivity index (χ1) is 16.1. The molecule has 0 heterocycles. The van der Waals surface area contributed by atoms with Gasteiger partial charge >= 0.3 is 12.0 Å². The second-order valence-corrected chi connectivity index (χ2v) is 8.41. The smallest absolute Gasteiger partial charge is 0.402 e. The number of esters is 1. The molecule has 8 nitrogen and oxygen atoms in total. The molecule has 0 aliphatic heterocycles. The first-order valence-corrected chi connectivity index (χ1v) is 11.2. The summed E-state index contributed by atoms with van der Waals surface area (Å²) < 4.78 is 66.5. The van der Waals surface area contributed by atoms with E-state index in [9.17, 15) is 17.8 Å². The fourth-order valence-corrected chi connectivity index (χ4v) is 3.68.